The SMILES string of the molecule is S=c1cc(-c2cccs2)[nH]c(C2CC2)n1. The number of thiophene rings is 1. The first-order valence-corrected chi connectivity index (χ1v) is 6.27. The van der Waals surface area contributed by atoms with Crippen LogP contribution in [0.3, 0.4) is 0 Å². The van der Waals surface area contributed by atoms with Crippen molar-refractivity contribution in [2.75, 3.05) is 0 Å². The molecule has 2 aromatic heterocycles. The van der Waals surface area contributed by atoms with E-state index in [1.807, 2.05) is 12.1 Å². The van der Waals surface area contributed by atoms with Crippen molar-refractivity contribution in [3.05, 3.63) is 34.0 Å². The fourth-order valence-corrected chi connectivity index (χ4v) is 2.51. The molecule has 0 bridgehead atoms. The van der Waals surface area contributed by atoms with Gasteiger partial charge < -0.3 is 4.98 Å². The normalized spacial score (nSPS) is 15.5. The zero-order valence-electron chi connectivity index (χ0n) is 8.06. The third-order valence-electron chi connectivity index (χ3n) is 2.51. The van der Waals surface area contributed by atoms with Gasteiger partial charge in [0.2, 0.25) is 0 Å². The Kier molecular flexibility index (Phi) is 2.18. The van der Waals surface area contributed by atoms with Gasteiger partial charge in [-0.1, -0.05) is 18.3 Å². The zero-order valence-corrected chi connectivity index (χ0v) is 9.70. The lowest BCUT2D eigenvalue weighted by molar-refractivity contribution is 0.925. The van der Waals surface area contributed by atoms with Crippen LogP contribution in [0.1, 0.15) is 24.6 Å². The molecule has 3 rings (SSSR count). The summed E-state index contributed by atoms with van der Waals surface area (Å²) in [6.07, 6.45) is 2.48. The van der Waals surface area contributed by atoms with Crippen molar-refractivity contribution < 1.29 is 0 Å². The Balaban J connectivity index is 2.11. The summed E-state index contributed by atoms with van der Waals surface area (Å²) in [4.78, 5) is 8.98. The van der Waals surface area contributed by atoms with Crippen LogP contribution in [0.2, 0.25) is 0 Å². The van der Waals surface area contributed by atoms with Crippen LogP contribution in [0.25, 0.3) is 10.6 Å². The lowest BCUT2D eigenvalue weighted by Gasteiger charge is -2.02. The summed E-state index contributed by atoms with van der Waals surface area (Å²) in [6, 6.07) is 6.09. The van der Waals surface area contributed by atoms with Crippen molar-refractivity contribution >= 4 is 23.6 Å². The Bertz CT molecular complexity index is 524. The first-order chi connectivity index (χ1) is 7.33. The van der Waals surface area contributed by atoms with E-state index in [9.17, 15) is 0 Å². The van der Waals surface area contributed by atoms with E-state index in [2.05, 4.69) is 21.4 Å². The summed E-state index contributed by atoms with van der Waals surface area (Å²) >= 11 is 6.90. The molecule has 1 saturated carbocycles. The highest BCUT2D eigenvalue weighted by Crippen LogP contribution is 2.38. The number of H-pyrrole nitrogens is 1. The second-order valence-corrected chi connectivity index (χ2v) is 5.14. The first kappa shape index (κ1) is 9.24. The van der Waals surface area contributed by atoms with Crippen molar-refractivity contribution in [3.63, 3.8) is 0 Å². The van der Waals surface area contributed by atoms with E-state index in [0.29, 0.717) is 10.6 Å². The summed E-state index contributed by atoms with van der Waals surface area (Å²) < 4.78 is 0.694. The maximum absolute atomic E-state index is 5.18. The Morgan fingerprint density at radius 2 is 2.33 bits per heavy atom. The van der Waals surface area contributed by atoms with E-state index in [-0.39, 0.29) is 0 Å². The molecule has 4 heteroatoms. The maximum atomic E-state index is 5.18. The number of nitrogens with zero attached hydrogens (tertiary/aromatic N) is 1. The smallest absolute Gasteiger partial charge is 0.130 e. The topological polar surface area (TPSA) is 28.7 Å². The fourth-order valence-electron chi connectivity index (χ4n) is 1.59. The summed E-state index contributed by atoms with van der Waals surface area (Å²) in [5.41, 5.74) is 1.10. The molecule has 1 N–H and O–H groups in total. The number of hydrogen-bond donors (Lipinski definition) is 1. The third kappa shape index (κ3) is 1.87. The zero-order chi connectivity index (χ0) is 10.3. The predicted molar refractivity (Wildman–Crippen MR) is 64.7 cm³/mol. The molecule has 2 aromatic rings. The van der Waals surface area contributed by atoms with Crippen LogP contribution in [-0.2, 0) is 0 Å². The molecule has 0 radical (unpaired) electrons. The van der Waals surface area contributed by atoms with Crippen LogP contribution in [0.5, 0.6) is 0 Å². The molecule has 2 nitrogen and oxygen atoms in total. The average molecular weight is 234 g/mol. The van der Waals surface area contributed by atoms with Gasteiger partial charge in [-0.05, 0) is 30.4 Å². The molecule has 0 aromatic carbocycles. The highest BCUT2D eigenvalue weighted by atomic mass is 32.1. The van der Waals surface area contributed by atoms with Crippen molar-refractivity contribution in [2.45, 2.75) is 18.8 Å². The predicted octanol–water partition coefficient (Wildman–Crippen LogP) is 3.75. The van der Waals surface area contributed by atoms with E-state index in [0.717, 1.165) is 11.5 Å². The van der Waals surface area contributed by atoms with E-state index < -0.39 is 0 Å². The number of aromatic amines is 1. The van der Waals surface area contributed by atoms with Gasteiger partial charge >= 0.3 is 0 Å². The van der Waals surface area contributed by atoms with Crippen LogP contribution in [0.15, 0.2) is 23.6 Å². The second kappa shape index (κ2) is 3.54. The second-order valence-electron chi connectivity index (χ2n) is 3.77. The molecular formula is C11H10N2S2. The summed E-state index contributed by atoms with van der Waals surface area (Å²) in [7, 11) is 0. The minimum atomic E-state index is 0.617. The summed E-state index contributed by atoms with van der Waals surface area (Å²) in [5, 5.41) is 2.07. The molecule has 0 unspecified atom stereocenters. The standard InChI is InChI=1S/C11H10N2S2/c14-10-6-8(9-2-1-5-15-9)12-11(13-10)7-3-4-7/h1-2,5-7H,3-4H2,(H,12,13,14). The average Bonchev–Trinajstić information content (AvgIpc) is 2.93. The Morgan fingerprint density at radius 3 is 3.00 bits per heavy atom. The van der Waals surface area contributed by atoms with Crippen molar-refractivity contribution in [2.24, 2.45) is 0 Å². The van der Waals surface area contributed by atoms with Gasteiger partial charge in [-0.15, -0.1) is 11.3 Å². The van der Waals surface area contributed by atoms with Gasteiger partial charge in [0.25, 0.3) is 0 Å². The largest absolute Gasteiger partial charge is 0.342 e. The molecule has 15 heavy (non-hydrogen) atoms. The molecule has 1 aliphatic carbocycles. The number of nitrogens with one attached hydrogen (secondary N) is 1. The van der Waals surface area contributed by atoms with Gasteiger partial charge in [-0.25, -0.2) is 4.98 Å². The van der Waals surface area contributed by atoms with E-state index in [1.165, 1.54) is 17.7 Å². The van der Waals surface area contributed by atoms with Crippen LogP contribution in [0.4, 0.5) is 0 Å². The first-order valence-electron chi connectivity index (χ1n) is 4.98. The van der Waals surface area contributed by atoms with Gasteiger partial charge in [-0.3, -0.25) is 0 Å². The van der Waals surface area contributed by atoms with E-state index in [4.69, 9.17) is 12.2 Å². The quantitative estimate of drug-likeness (QED) is 0.802. The van der Waals surface area contributed by atoms with Crippen LogP contribution in [-0.4, -0.2) is 9.97 Å². The Morgan fingerprint density at radius 1 is 1.47 bits per heavy atom. The molecule has 0 spiro atoms. The molecular weight excluding hydrogens is 224 g/mol. The lowest BCUT2D eigenvalue weighted by Crippen LogP contribution is -1.94. The van der Waals surface area contributed by atoms with Crippen LogP contribution in [0, 0.1) is 4.64 Å². The highest BCUT2D eigenvalue weighted by Gasteiger charge is 2.26. The molecule has 0 amide bonds. The minimum Gasteiger partial charge on any atom is -0.342 e. The van der Waals surface area contributed by atoms with Gasteiger partial charge in [-0.2, -0.15) is 0 Å². The Labute approximate surface area is 97.0 Å². The van der Waals surface area contributed by atoms with Crippen molar-refractivity contribution in [3.8, 4) is 10.6 Å². The van der Waals surface area contributed by atoms with Gasteiger partial charge in [0.1, 0.15) is 10.5 Å². The lowest BCUT2D eigenvalue weighted by atomic mass is 10.3. The van der Waals surface area contributed by atoms with Crippen molar-refractivity contribution in [1.29, 1.82) is 0 Å². The fraction of sp³-hybridized carbons (Fsp3) is 0.273. The third-order valence-corrected chi connectivity index (χ3v) is 3.62. The number of hydrogen-bond acceptors (Lipinski definition) is 3. The van der Waals surface area contributed by atoms with E-state index >= 15 is 0 Å². The van der Waals surface area contributed by atoms with Gasteiger partial charge in [0.15, 0.2) is 0 Å². The molecule has 76 valence electrons. The Hall–Kier alpha value is -1.00. The molecule has 0 saturated heterocycles. The van der Waals surface area contributed by atoms with Gasteiger partial charge in [0, 0.05) is 5.92 Å². The van der Waals surface area contributed by atoms with Crippen molar-refractivity contribution in [1.82, 2.24) is 9.97 Å². The van der Waals surface area contributed by atoms with Crippen LogP contribution < -0.4 is 0 Å². The number of aromatic nitrogens is 2. The van der Waals surface area contributed by atoms with E-state index in [1.54, 1.807) is 11.3 Å². The molecule has 2 heterocycles. The molecule has 0 aliphatic heterocycles. The molecule has 1 aliphatic rings. The number of rotatable bonds is 2. The van der Waals surface area contributed by atoms with Crippen LogP contribution >= 0.6 is 23.6 Å². The monoisotopic (exact) mass is 234 g/mol. The summed E-state index contributed by atoms with van der Waals surface area (Å²) in [5.74, 6) is 1.68. The molecule has 0 atom stereocenters. The maximum Gasteiger partial charge on any atom is 0.130 e. The summed E-state index contributed by atoms with van der Waals surface area (Å²) in [6.45, 7) is 0. The highest BCUT2D eigenvalue weighted by molar-refractivity contribution is 7.71. The molecule has 1 fully saturated rings. The minimum absolute atomic E-state index is 0.617. The van der Waals surface area contributed by atoms with Gasteiger partial charge in [0.05, 0.1) is 10.6 Å².